The molecule has 0 radical (unpaired) electrons. The van der Waals surface area contributed by atoms with Crippen LogP contribution in [-0.2, 0) is 16.2 Å². The molecule has 192 valence electrons. The molecule has 0 saturated carbocycles. The summed E-state index contributed by atoms with van der Waals surface area (Å²) in [6.45, 7) is 2.01. The van der Waals surface area contributed by atoms with E-state index in [-0.39, 0.29) is 23.2 Å². The van der Waals surface area contributed by atoms with Crippen molar-refractivity contribution in [3.8, 4) is 17.0 Å². The lowest BCUT2D eigenvalue weighted by Gasteiger charge is -2.28. The molecule has 6 nitrogen and oxygen atoms in total. The summed E-state index contributed by atoms with van der Waals surface area (Å²) in [5, 5.41) is 2.44. The van der Waals surface area contributed by atoms with Crippen LogP contribution in [0.5, 0.6) is 5.75 Å². The quantitative estimate of drug-likeness (QED) is 0.231. The lowest BCUT2D eigenvalue weighted by Crippen LogP contribution is -2.19. The van der Waals surface area contributed by atoms with Crippen molar-refractivity contribution < 1.29 is 30.7 Å². The Balaban J connectivity index is 1.54. The lowest BCUT2D eigenvalue weighted by atomic mass is 9.83. The van der Waals surface area contributed by atoms with Gasteiger partial charge in [0.25, 0.3) is 10.0 Å². The van der Waals surface area contributed by atoms with Crippen LogP contribution in [0.3, 0.4) is 0 Å². The maximum absolute atomic E-state index is 13.5. The molecule has 37 heavy (non-hydrogen) atoms. The maximum atomic E-state index is 13.5. The van der Waals surface area contributed by atoms with Crippen molar-refractivity contribution in [1.29, 1.82) is 0 Å². The number of aryl methyl sites for hydroxylation is 1. The van der Waals surface area contributed by atoms with Crippen LogP contribution in [0, 0.1) is 12.9 Å². The number of nitrogens with zero attached hydrogens (tertiary/aromatic N) is 2. The van der Waals surface area contributed by atoms with Crippen molar-refractivity contribution in [3.63, 3.8) is 0 Å². The van der Waals surface area contributed by atoms with Gasteiger partial charge in [-0.3, -0.25) is 4.72 Å². The average molecular weight is 550 g/mol. The first-order valence-electron chi connectivity index (χ1n) is 11.1. The molecule has 2 aromatic carbocycles. The van der Waals surface area contributed by atoms with E-state index in [4.69, 9.17) is 4.74 Å². The number of alkyl halides is 3. The van der Waals surface area contributed by atoms with Crippen LogP contribution in [0.25, 0.3) is 11.3 Å². The minimum atomic E-state index is -4.52. The molecule has 1 aliphatic rings. The molecule has 1 N–H and O–H groups in total. The van der Waals surface area contributed by atoms with E-state index in [0.29, 0.717) is 34.6 Å². The molecule has 3 heterocycles. The van der Waals surface area contributed by atoms with Crippen LogP contribution in [0.1, 0.15) is 34.0 Å². The predicted molar refractivity (Wildman–Crippen MR) is 131 cm³/mol. The number of thiazole rings is 1. The van der Waals surface area contributed by atoms with Gasteiger partial charge in [-0.2, -0.15) is 17.6 Å². The summed E-state index contributed by atoms with van der Waals surface area (Å²) in [5.74, 6) is -1.06. The van der Waals surface area contributed by atoms with Gasteiger partial charge >= 0.3 is 6.18 Å². The minimum absolute atomic E-state index is 0.124. The highest BCUT2D eigenvalue weighted by Crippen LogP contribution is 2.44. The highest BCUT2D eigenvalue weighted by Gasteiger charge is 2.33. The van der Waals surface area contributed by atoms with Crippen LogP contribution in [0.15, 0.2) is 64.9 Å². The SMILES string of the molecule is Cc1nc(-c2cc(C(F)(F)F)ccc2[C@@H]2CCOc3cc(S(=O)(=O)Nc4cccc(F)n4)ccc32)cs1. The number of sulfonamides is 1. The monoisotopic (exact) mass is 549 g/mol. The second-order valence-corrected chi connectivity index (χ2v) is 11.1. The third-order valence-electron chi connectivity index (χ3n) is 5.94. The molecule has 0 aliphatic carbocycles. The largest absolute Gasteiger partial charge is 0.493 e. The van der Waals surface area contributed by atoms with Gasteiger partial charge in [0, 0.05) is 28.5 Å². The number of hydrogen-bond donors (Lipinski definition) is 1. The van der Waals surface area contributed by atoms with Crippen LogP contribution < -0.4 is 9.46 Å². The topological polar surface area (TPSA) is 81.2 Å². The van der Waals surface area contributed by atoms with E-state index >= 15 is 0 Å². The molecule has 0 fully saturated rings. The van der Waals surface area contributed by atoms with Gasteiger partial charge in [0.05, 0.1) is 27.8 Å². The second-order valence-electron chi connectivity index (χ2n) is 8.39. The van der Waals surface area contributed by atoms with Crippen LogP contribution in [-0.4, -0.2) is 25.0 Å². The van der Waals surface area contributed by atoms with Gasteiger partial charge in [0.1, 0.15) is 11.6 Å². The van der Waals surface area contributed by atoms with E-state index in [2.05, 4.69) is 14.7 Å². The number of hydrogen-bond acceptors (Lipinski definition) is 6. The normalized spacial score (nSPS) is 15.6. The number of aromatic nitrogens is 2. The molecule has 5 rings (SSSR count). The van der Waals surface area contributed by atoms with E-state index in [1.807, 2.05) is 0 Å². The Kier molecular flexibility index (Phi) is 6.40. The number of nitrogens with one attached hydrogen (secondary N) is 1. The van der Waals surface area contributed by atoms with E-state index in [9.17, 15) is 26.0 Å². The molecule has 0 saturated heterocycles. The number of rotatable bonds is 5. The summed E-state index contributed by atoms with van der Waals surface area (Å²) >= 11 is 1.34. The summed E-state index contributed by atoms with van der Waals surface area (Å²) in [7, 11) is -4.11. The zero-order valence-electron chi connectivity index (χ0n) is 19.2. The summed E-state index contributed by atoms with van der Waals surface area (Å²) < 4.78 is 87.7. The number of halogens is 4. The molecule has 0 amide bonds. The van der Waals surface area contributed by atoms with Crippen molar-refractivity contribution >= 4 is 27.2 Å². The van der Waals surface area contributed by atoms with Crippen LogP contribution >= 0.6 is 11.3 Å². The van der Waals surface area contributed by atoms with Crippen molar-refractivity contribution in [1.82, 2.24) is 9.97 Å². The Morgan fingerprint density at radius 3 is 2.54 bits per heavy atom. The highest BCUT2D eigenvalue weighted by atomic mass is 32.2. The average Bonchev–Trinajstić information content (AvgIpc) is 3.28. The Morgan fingerprint density at radius 2 is 1.84 bits per heavy atom. The fourth-order valence-corrected chi connectivity index (χ4v) is 5.90. The first-order chi connectivity index (χ1) is 17.5. The summed E-state index contributed by atoms with van der Waals surface area (Å²) in [4.78, 5) is 7.80. The summed E-state index contributed by atoms with van der Waals surface area (Å²) in [6, 6.07) is 11.6. The van der Waals surface area contributed by atoms with Gasteiger partial charge in [-0.1, -0.05) is 18.2 Å². The van der Waals surface area contributed by atoms with Crippen LogP contribution in [0.2, 0.25) is 0 Å². The molecule has 4 aromatic rings. The third kappa shape index (κ3) is 5.16. The zero-order chi connectivity index (χ0) is 26.4. The fraction of sp³-hybridized carbons (Fsp3) is 0.200. The molecule has 2 aromatic heterocycles. The van der Waals surface area contributed by atoms with E-state index in [1.165, 1.54) is 41.7 Å². The van der Waals surface area contributed by atoms with Crippen LogP contribution in [0.4, 0.5) is 23.4 Å². The molecular weight excluding hydrogens is 530 g/mol. The standard InChI is InChI=1S/C25H19F4N3O3S2/c1-14-30-21(13-36-14)20-11-15(25(27,28)29)5-7-17(20)18-9-10-35-22-12-16(6-8-19(18)22)37(33,34)32-24-4-2-3-23(26)31-24/h2-8,11-13,18H,9-10H2,1H3,(H,31,32)/t18-/m0/s1. The predicted octanol–water partition coefficient (Wildman–Crippen LogP) is 6.39. The lowest BCUT2D eigenvalue weighted by molar-refractivity contribution is -0.137. The van der Waals surface area contributed by atoms with Gasteiger partial charge in [0.15, 0.2) is 0 Å². The van der Waals surface area contributed by atoms with Gasteiger partial charge in [-0.05, 0) is 49.2 Å². The number of anilines is 1. The molecular formula is C25H19F4N3O3S2. The Hall–Kier alpha value is -3.51. The number of benzene rings is 2. The van der Waals surface area contributed by atoms with E-state index in [1.54, 1.807) is 18.4 Å². The summed E-state index contributed by atoms with van der Waals surface area (Å²) in [5.41, 5.74) is 1.32. The Bertz CT molecular complexity index is 1590. The molecule has 1 atom stereocenters. The fourth-order valence-electron chi connectivity index (χ4n) is 4.27. The van der Waals surface area contributed by atoms with E-state index < -0.39 is 27.7 Å². The maximum Gasteiger partial charge on any atom is 0.416 e. The Morgan fingerprint density at radius 1 is 1.05 bits per heavy atom. The number of pyridine rings is 1. The molecule has 0 unspecified atom stereocenters. The van der Waals surface area contributed by atoms with Gasteiger partial charge in [-0.25, -0.2) is 18.4 Å². The Labute approximate surface area is 214 Å². The minimum Gasteiger partial charge on any atom is -0.493 e. The molecule has 1 aliphatic heterocycles. The number of fused-ring (bicyclic) bond motifs is 1. The molecule has 0 spiro atoms. The number of ether oxygens (including phenoxy) is 1. The van der Waals surface area contributed by atoms with Crippen molar-refractivity contribution in [2.75, 3.05) is 11.3 Å². The highest BCUT2D eigenvalue weighted by molar-refractivity contribution is 7.92. The van der Waals surface area contributed by atoms with Crippen molar-refractivity contribution in [2.45, 2.75) is 30.3 Å². The van der Waals surface area contributed by atoms with Crippen molar-refractivity contribution in [3.05, 3.63) is 87.6 Å². The smallest absolute Gasteiger partial charge is 0.416 e. The first-order valence-corrected chi connectivity index (χ1v) is 13.4. The molecule has 12 heteroatoms. The van der Waals surface area contributed by atoms with Gasteiger partial charge in [0.2, 0.25) is 5.95 Å². The third-order valence-corrected chi connectivity index (χ3v) is 8.07. The van der Waals surface area contributed by atoms with Gasteiger partial charge in [-0.15, -0.1) is 11.3 Å². The van der Waals surface area contributed by atoms with Gasteiger partial charge < -0.3 is 4.74 Å². The molecule has 0 bridgehead atoms. The van der Waals surface area contributed by atoms with E-state index in [0.717, 1.165) is 23.2 Å². The second kappa shape index (κ2) is 9.42. The van der Waals surface area contributed by atoms with Crippen molar-refractivity contribution in [2.24, 2.45) is 0 Å². The summed E-state index contributed by atoms with van der Waals surface area (Å²) in [6.07, 6.45) is -4.04. The first kappa shape index (κ1) is 25.2. The zero-order valence-corrected chi connectivity index (χ0v) is 20.8.